The first-order valence-electron chi connectivity index (χ1n) is 11.8. The molecule has 29 heavy (non-hydrogen) atoms. The van der Waals surface area contributed by atoms with E-state index in [1.807, 2.05) is 0 Å². The summed E-state index contributed by atoms with van der Waals surface area (Å²) in [6.45, 7) is 8.65. The van der Waals surface area contributed by atoms with Crippen molar-refractivity contribution in [1.82, 2.24) is 19.7 Å². The van der Waals surface area contributed by atoms with Gasteiger partial charge in [-0.2, -0.15) is 0 Å². The van der Waals surface area contributed by atoms with E-state index in [4.69, 9.17) is 0 Å². The summed E-state index contributed by atoms with van der Waals surface area (Å²) in [6.07, 6.45) is 8.53. The molecule has 3 saturated heterocycles. The average molecular weight is 397 g/mol. The third-order valence-corrected chi connectivity index (χ3v) is 7.98. The van der Waals surface area contributed by atoms with E-state index < -0.39 is 0 Å². The number of aryl methyl sites for hydroxylation is 1. The maximum absolute atomic E-state index is 13.0. The Balaban J connectivity index is 1.07. The van der Waals surface area contributed by atoms with E-state index in [0.29, 0.717) is 18.0 Å². The molecular formula is C24H36N4O. The third-order valence-electron chi connectivity index (χ3n) is 7.98. The van der Waals surface area contributed by atoms with Gasteiger partial charge in [-0.15, -0.1) is 0 Å². The minimum Gasteiger partial charge on any atom is -0.339 e. The van der Waals surface area contributed by atoms with Crippen LogP contribution < -0.4 is 0 Å². The lowest BCUT2D eigenvalue weighted by Gasteiger charge is -2.42. The van der Waals surface area contributed by atoms with Crippen LogP contribution in [-0.4, -0.2) is 70.4 Å². The van der Waals surface area contributed by atoms with Crippen molar-refractivity contribution in [1.29, 1.82) is 0 Å². The second-order valence-corrected chi connectivity index (χ2v) is 9.91. The van der Waals surface area contributed by atoms with Gasteiger partial charge in [-0.05, 0) is 83.0 Å². The molecule has 1 saturated carbocycles. The fraction of sp³-hybridized carbons (Fsp3) is 0.750. The highest BCUT2D eigenvalue weighted by atomic mass is 16.2. The molecule has 0 radical (unpaired) electrons. The van der Waals surface area contributed by atoms with Gasteiger partial charge in [0.2, 0.25) is 5.91 Å². The van der Waals surface area contributed by atoms with Crippen molar-refractivity contribution >= 4 is 5.91 Å². The summed E-state index contributed by atoms with van der Waals surface area (Å²) in [7, 11) is 0. The van der Waals surface area contributed by atoms with Gasteiger partial charge in [-0.25, -0.2) is 0 Å². The molecule has 4 aliphatic rings. The fourth-order valence-electron chi connectivity index (χ4n) is 6.30. The number of fused-ring (bicyclic) bond motifs is 2. The number of nitrogens with zero attached hydrogens (tertiary/aromatic N) is 4. The van der Waals surface area contributed by atoms with Crippen LogP contribution in [0.5, 0.6) is 0 Å². The van der Waals surface area contributed by atoms with Crippen LogP contribution in [0.1, 0.15) is 56.3 Å². The van der Waals surface area contributed by atoms with Crippen molar-refractivity contribution in [3.63, 3.8) is 0 Å². The first-order chi connectivity index (χ1) is 14.2. The minimum atomic E-state index is 0.290. The van der Waals surface area contributed by atoms with E-state index in [1.54, 1.807) is 0 Å². The number of carbonyl (C=O) groups excluding carboxylic acids is 1. The number of likely N-dealkylation sites (tertiary alicyclic amines) is 3. The highest BCUT2D eigenvalue weighted by Crippen LogP contribution is 2.39. The van der Waals surface area contributed by atoms with E-state index in [1.165, 1.54) is 37.8 Å². The summed E-state index contributed by atoms with van der Waals surface area (Å²) < 4.78 is 0. The van der Waals surface area contributed by atoms with Crippen molar-refractivity contribution in [3.05, 3.63) is 29.6 Å². The highest BCUT2D eigenvalue weighted by Gasteiger charge is 2.42. The zero-order chi connectivity index (χ0) is 19.8. The molecule has 4 heterocycles. The molecule has 0 aromatic carbocycles. The molecule has 1 aliphatic carbocycles. The Morgan fingerprint density at radius 2 is 1.79 bits per heavy atom. The number of carbonyl (C=O) groups is 1. The molecule has 5 rings (SSSR count). The molecule has 2 bridgehead atoms. The molecule has 1 aromatic rings. The van der Waals surface area contributed by atoms with Gasteiger partial charge in [0, 0.05) is 49.9 Å². The van der Waals surface area contributed by atoms with Crippen molar-refractivity contribution in [2.24, 2.45) is 11.8 Å². The first-order valence-corrected chi connectivity index (χ1v) is 11.8. The molecule has 2 atom stereocenters. The van der Waals surface area contributed by atoms with Gasteiger partial charge in [0.15, 0.2) is 0 Å². The number of piperidine rings is 3. The van der Waals surface area contributed by atoms with E-state index in [2.05, 4.69) is 44.8 Å². The van der Waals surface area contributed by atoms with Crippen LogP contribution in [-0.2, 0) is 11.3 Å². The van der Waals surface area contributed by atoms with Crippen LogP contribution in [0.2, 0.25) is 0 Å². The molecule has 4 fully saturated rings. The Morgan fingerprint density at radius 1 is 1.00 bits per heavy atom. The number of pyridine rings is 1. The van der Waals surface area contributed by atoms with Crippen molar-refractivity contribution in [2.75, 3.05) is 32.7 Å². The van der Waals surface area contributed by atoms with Crippen molar-refractivity contribution in [3.8, 4) is 0 Å². The summed E-state index contributed by atoms with van der Waals surface area (Å²) in [5, 5.41) is 0. The van der Waals surface area contributed by atoms with Gasteiger partial charge < -0.3 is 9.80 Å². The summed E-state index contributed by atoms with van der Waals surface area (Å²) in [5.74, 6) is 1.58. The maximum Gasteiger partial charge on any atom is 0.226 e. The van der Waals surface area contributed by atoms with Crippen LogP contribution in [0.25, 0.3) is 0 Å². The Hall–Kier alpha value is -1.46. The zero-order valence-electron chi connectivity index (χ0n) is 17.9. The minimum absolute atomic E-state index is 0.290. The molecule has 0 unspecified atom stereocenters. The van der Waals surface area contributed by atoms with Gasteiger partial charge in [-0.1, -0.05) is 6.07 Å². The molecule has 1 aromatic heterocycles. The van der Waals surface area contributed by atoms with Gasteiger partial charge >= 0.3 is 0 Å². The Labute approximate surface area is 175 Å². The third kappa shape index (κ3) is 4.22. The standard InChI is InChI=1S/C24H36N4O/c1-18-3-2-4-21(25-18)17-26-11-9-22(10-12-26)27-13-7-20(8-14-27)24(29)28-16-19-5-6-23(28)15-19/h2-4,19-20,22-23H,5-17H2,1H3/t19-,23-/m0/s1. The first kappa shape index (κ1) is 19.5. The van der Waals surface area contributed by atoms with Crippen LogP contribution in [0.3, 0.4) is 0 Å². The molecule has 1 amide bonds. The lowest BCUT2D eigenvalue weighted by molar-refractivity contribution is -0.139. The molecule has 158 valence electrons. The summed E-state index contributed by atoms with van der Waals surface area (Å²) in [6, 6.07) is 7.61. The van der Waals surface area contributed by atoms with Crippen molar-refractivity contribution < 1.29 is 4.79 Å². The molecule has 5 nitrogen and oxygen atoms in total. The molecular weight excluding hydrogens is 360 g/mol. The maximum atomic E-state index is 13.0. The number of rotatable bonds is 4. The molecule has 5 heteroatoms. The predicted molar refractivity (Wildman–Crippen MR) is 114 cm³/mol. The smallest absolute Gasteiger partial charge is 0.226 e. The van der Waals surface area contributed by atoms with Gasteiger partial charge in [0.05, 0.1) is 5.69 Å². The SMILES string of the molecule is Cc1cccc(CN2CCC(N3CCC(C(=O)N4C[C@H]5CC[C@H]4C5)CC3)CC2)n1. The Bertz CT molecular complexity index is 721. The number of aromatic nitrogens is 1. The van der Waals surface area contributed by atoms with E-state index in [0.717, 1.165) is 63.7 Å². The number of hydrogen-bond acceptors (Lipinski definition) is 4. The molecule has 3 aliphatic heterocycles. The Kier molecular flexibility index (Phi) is 5.61. The summed E-state index contributed by atoms with van der Waals surface area (Å²) >= 11 is 0. The predicted octanol–water partition coefficient (Wildman–Crippen LogP) is 3.08. The fourth-order valence-corrected chi connectivity index (χ4v) is 6.30. The Morgan fingerprint density at radius 3 is 2.45 bits per heavy atom. The van der Waals surface area contributed by atoms with Gasteiger partial charge in [0.1, 0.15) is 0 Å². The highest BCUT2D eigenvalue weighted by molar-refractivity contribution is 5.79. The van der Waals surface area contributed by atoms with Crippen LogP contribution in [0.15, 0.2) is 18.2 Å². The second-order valence-electron chi connectivity index (χ2n) is 9.91. The second kappa shape index (κ2) is 8.35. The summed E-state index contributed by atoms with van der Waals surface area (Å²) in [5.41, 5.74) is 2.30. The van der Waals surface area contributed by atoms with Crippen LogP contribution in [0.4, 0.5) is 0 Å². The lowest BCUT2D eigenvalue weighted by Crippen LogP contribution is -2.50. The molecule has 0 spiro atoms. The van der Waals surface area contributed by atoms with Crippen LogP contribution >= 0.6 is 0 Å². The number of hydrogen-bond donors (Lipinski definition) is 0. The van der Waals surface area contributed by atoms with E-state index in [-0.39, 0.29) is 5.92 Å². The topological polar surface area (TPSA) is 39.7 Å². The van der Waals surface area contributed by atoms with E-state index >= 15 is 0 Å². The largest absolute Gasteiger partial charge is 0.339 e. The number of amides is 1. The van der Waals surface area contributed by atoms with Crippen LogP contribution in [0, 0.1) is 18.8 Å². The van der Waals surface area contributed by atoms with Gasteiger partial charge in [0.25, 0.3) is 0 Å². The normalized spacial score (nSPS) is 29.6. The monoisotopic (exact) mass is 396 g/mol. The van der Waals surface area contributed by atoms with Crippen molar-refractivity contribution in [2.45, 2.75) is 70.5 Å². The molecule has 0 N–H and O–H groups in total. The quantitative estimate of drug-likeness (QED) is 0.784. The van der Waals surface area contributed by atoms with Gasteiger partial charge in [-0.3, -0.25) is 14.7 Å². The summed E-state index contributed by atoms with van der Waals surface area (Å²) in [4.78, 5) is 25.2. The lowest BCUT2D eigenvalue weighted by atomic mass is 9.91. The average Bonchev–Trinajstić information content (AvgIpc) is 3.38. The zero-order valence-corrected chi connectivity index (χ0v) is 17.9. The van der Waals surface area contributed by atoms with E-state index in [9.17, 15) is 4.79 Å².